The Morgan fingerprint density at radius 3 is 2.40 bits per heavy atom. The minimum Gasteiger partial charge on any atom is -0.495 e. The predicted octanol–water partition coefficient (Wildman–Crippen LogP) is 4.05. The second-order valence-electron chi connectivity index (χ2n) is 6.83. The monoisotopic (exact) mass is 472 g/mol. The third-order valence-electron chi connectivity index (χ3n) is 4.94. The molecule has 1 aliphatic rings. The fourth-order valence-electron chi connectivity index (χ4n) is 3.32. The van der Waals surface area contributed by atoms with Gasteiger partial charge in [-0.2, -0.15) is 4.31 Å². The van der Waals surface area contributed by atoms with Crippen molar-refractivity contribution in [1.82, 2.24) is 4.31 Å². The summed E-state index contributed by atoms with van der Waals surface area (Å²) in [6, 6.07) is 9.11. The Hall–Kier alpha value is -2.00. The largest absolute Gasteiger partial charge is 0.495 e. The average molecular weight is 473 g/mol. The van der Waals surface area contributed by atoms with E-state index in [0.717, 1.165) is 0 Å². The highest BCUT2D eigenvalue weighted by molar-refractivity contribution is 7.89. The van der Waals surface area contributed by atoms with E-state index in [-0.39, 0.29) is 17.3 Å². The molecule has 1 heterocycles. The van der Waals surface area contributed by atoms with Crippen molar-refractivity contribution in [3.8, 4) is 11.5 Å². The second kappa shape index (κ2) is 9.43. The molecule has 7 nitrogen and oxygen atoms in total. The van der Waals surface area contributed by atoms with Gasteiger partial charge in [-0.1, -0.05) is 23.2 Å². The highest BCUT2D eigenvalue weighted by atomic mass is 35.5. The number of nitrogens with one attached hydrogen (secondary N) is 1. The molecule has 0 spiro atoms. The van der Waals surface area contributed by atoms with Crippen LogP contribution in [0.5, 0.6) is 11.5 Å². The molecule has 1 atom stereocenters. The number of amides is 1. The van der Waals surface area contributed by atoms with E-state index < -0.39 is 15.9 Å². The molecule has 1 fully saturated rings. The van der Waals surface area contributed by atoms with Crippen LogP contribution in [-0.2, 0) is 14.8 Å². The van der Waals surface area contributed by atoms with Gasteiger partial charge in [-0.3, -0.25) is 4.79 Å². The normalized spacial score (nSPS) is 17.4. The molecule has 0 aromatic heterocycles. The minimum absolute atomic E-state index is 0.0871. The Bertz CT molecular complexity index is 1030. The molecule has 0 aliphatic carbocycles. The van der Waals surface area contributed by atoms with Crippen LogP contribution < -0.4 is 14.8 Å². The van der Waals surface area contributed by atoms with E-state index in [2.05, 4.69) is 5.32 Å². The SMILES string of the molecule is COc1cc(NC(=O)C2CCCN(S(=O)(=O)c3ccc(Cl)cc3)C2)c(OC)cc1Cl. The maximum atomic E-state index is 12.9. The molecule has 10 heteroatoms. The van der Waals surface area contributed by atoms with E-state index in [1.165, 1.54) is 42.8 Å². The van der Waals surface area contributed by atoms with Gasteiger partial charge in [-0.05, 0) is 37.1 Å². The lowest BCUT2D eigenvalue weighted by molar-refractivity contribution is -0.120. The zero-order chi connectivity index (χ0) is 21.9. The summed E-state index contributed by atoms with van der Waals surface area (Å²) in [6.45, 7) is 0.441. The quantitative estimate of drug-likeness (QED) is 0.685. The van der Waals surface area contributed by atoms with Crippen LogP contribution in [0.1, 0.15) is 12.8 Å². The number of methoxy groups -OCH3 is 2. The van der Waals surface area contributed by atoms with Crippen LogP contribution >= 0.6 is 23.2 Å². The van der Waals surface area contributed by atoms with Crippen molar-refractivity contribution in [3.63, 3.8) is 0 Å². The minimum atomic E-state index is -3.71. The first-order chi connectivity index (χ1) is 14.3. The lowest BCUT2D eigenvalue weighted by Gasteiger charge is -2.31. The Morgan fingerprint density at radius 2 is 1.77 bits per heavy atom. The molecule has 1 aliphatic heterocycles. The topological polar surface area (TPSA) is 84.9 Å². The molecule has 1 unspecified atom stereocenters. The summed E-state index contributed by atoms with van der Waals surface area (Å²) in [5, 5.41) is 3.62. The van der Waals surface area contributed by atoms with Gasteiger partial charge in [0, 0.05) is 30.2 Å². The number of ether oxygens (including phenoxy) is 2. The van der Waals surface area contributed by atoms with E-state index in [0.29, 0.717) is 46.6 Å². The van der Waals surface area contributed by atoms with Gasteiger partial charge in [-0.15, -0.1) is 0 Å². The third-order valence-corrected chi connectivity index (χ3v) is 7.36. The zero-order valence-corrected chi connectivity index (χ0v) is 18.9. The molecule has 0 radical (unpaired) electrons. The number of halogens is 2. The molecule has 3 rings (SSSR count). The van der Waals surface area contributed by atoms with Crippen LogP contribution in [-0.4, -0.2) is 45.9 Å². The van der Waals surface area contributed by atoms with Crippen LogP contribution in [0.4, 0.5) is 5.69 Å². The van der Waals surface area contributed by atoms with E-state index in [1.807, 2.05) is 0 Å². The fraction of sp³-hybridized carbons (Fsp3) is 0.350. The van der Waals surface area contributed by atoms with Crippen molar-refractivity contribution in [1.29, 1.82) is 0 Å². The lowest BCUT2D eigenvalue weighted by atomic mass is 9.98. The molecule has 2 aromatic carbocycles. The smallest absolute Gasteiger partial charge is 0.243 e. The van der Waals surface area contributed by atoms with Crippen LogP contribution in [0.15, 0.2) is 41.3 Å². The Morgan fingerprint density at radius 1 is 1.10 bits per heavy atom. The first-order valence-electron chi connectivity index (χ1n) is 9.24. The number of sulfonamides is 1. The van der Waals surface area contributed by atoms with Crippen molar-refractivity contribution < 1.29 is 22.7 Å². The summed E-state index contributed by atoms with van der Waals surface area (Å²) in [7, 11) is -0.775. The standard InChI is InChI=1S/C20H22Cl2N2O5S/c1-28-18-11-17(19(29-2)10-16(18)22)23-20(25)13-4-3-9-24(12-13)30(26,27)15-7-5-14(21)6-8-15/h5-8,10-11,13H,3-4,9,12H2,1-2H3,(H,23,25). The van der Waals surface area contributed by atoms with Gasteiger partial charge >= 0.3 is 0 Å². The van der Waals surface area contributed by atoms with E-state index >= 15 is 0 Å². The van der Waals surface area contributed by atoms with Crippen molar-refractivity contribution in [3.05, 3.63) is 46.4 Å². The van der Waals surface area contributed by atoms with E-state index in [9.17, 15) is 13.2 Å². The average Bonchev–Trinajstić information content (AvgIpc) is 2.75. The maximum absolute atomic E-state index is 12.9. The summed E-state index contributed by atoms with van der Waals surface area (Å²) in [5.74, 6) is -0.0279. The number of piperidine rings is 1. The van der Waals surface area contributed by atoms with Gasteiger partial charge in [0.15, 0.2) is 0 Å². The summed E-state index contributed by atoms with van der Waals surface area (Å²) in [4.78, 5) is 13.0. The number of nitrogens with zero attached hydrogens (tertiary/aromatic N) is 1. The fourth-order valence-corrected chi connectivity index (χ4v) is 5.20. The summed E-state index contributed by atoms with van der Waals surface area (Å²) < 4.78 is 37.7. The summed E-state index contributed by atoms with van der Waals surface area (Å²) in [5.41, 5.74) is 0.404. The maximum Gasteiger partial charge on any atom is 0.243 e. The summed E-state index contributed by atoms with van der Waals surface area (Å²) >= 11 is 12.0. The molecule has 162 valence electrons. The molecule has 1 saturated heterocycles. The molecule has 30 heavy (non-hydrogen) atoms. The zero-order valence-electron chi connectivity index (χ0n) is 16.5. The number of hydrogen-bond acceptors (Lipinski definition) is 5. The molecule has 1 N–H and O–H groups in total. The van der Waals surface area contributed by atoms with Crippen LogP contribution in [0.2, 0.25) is 10.0 Å². The van der Waals surface area contributed by atoms with E-state index in [4.69, 9.17) is 32.7 Å². The molecule has 0 bridgehead atoms. The second-order valence-corrected chi connectivity index (χ2v) is 9.61. The van der Waals surface area contributed by atoms with Crippen molar-refractivity contribution in [2.24, 2.45) is 5.92 Å². The predicted molar refractivity (Wildman–Crippen MR) is 116 cm³/mol. The highest BCUT2D eigenvalue weighted by Gasteiger charge is 2.33. The Kier molecular flexibility index (Phi) is 7.13. The first kappa shape index (κ1) is 22.7. The van der Waals surface area contributed by atoms with Gasteiger partial charge in [-0.25, -0.2) is 8.42 Å². The van der Waals surface area contributed by atoms with Crippen molar-refractivity contribution in [2.75, 3.05) is 32.6 Å². The lowest BCUT2D eigenvalue weighted by Crippen LogP contribution is -2.43. The van der Waals surface area contributed by atoms with Gasteiger partial charge < -0.3 is 14.8 Å². The Balaban J connectivity index is 1.77. The number of anilines is 1. The highest BCUT2D eigenvalue weighted by Crippen LogP contribution is 2.36. The van der Waals surface area contributed by atoms with Crippen LogP contribution in [0.25, 0.3) is 0 Å². The molecular formula is C20H22Cl2N2O5S. The number of hydrogen-bond donors (Lipinski definition) is 1. The summed E-state index contributed by atoms with van der Waals surface area (Å²) in [6.07, 6.45) is 1.15. The van der Waals surface area contributed by atoms with Gasteiger partial charge in [0.2, 0.25) is 15.9 Å². The number of carbonyl (C=O) groups excluding carboxylic acids is 1. The third kappa shape index (κ3) is 4.83. The van der Waals surface area contributed by atoms with Gasteiger partial charge in [0.1, 0.15) is 11.5 Å². The number of carbonyl (C=O) groups is 1. The number of benzene rings is 2. The van der Waals surface area contributed by atoms with Crippen molar-refractivity contribution >= 4 is 44.8 Å². The molecule has 1 amide bonds. The first-order valence-corrected chi connectivity index (χ1v) is 11.4. The van der Waals surface area contributed by atoms with Crippen LogP contribution in [0.3, 0.4) is 0 Å². The molecule has 0 saturated carbocycles. The molecular weight excluding hydrogens is 451 g/mol. The Labute approximate surface area is 185 Å². The van der Waals surface area contributed by atoms with Gasteiger partial charge in [0.05, 0.1) is 35.7 Å². The van der Waals surface area contributed by atoms with Crippen molar-refractivity contribution in [2.45, 2.75) is 17.7 Å². The van der Waals surface area contributed by atoms with E-state index in [1.54, 1.807) is 12.1 Å². The number of rotatable bonds is 6. The molecule has 2 aromatic rings. The van der Waals surface area contributed by atoms with Crippen LogP contribution in [0, 0.1) is 5.92 Å². The van der Waals surface area contributed by atoms with Gasteiger partial charge in [0.25, 0.3) is 0 Å².